The van der Waals surface area contributed by atoms with Crippen molar-refractivity contribution in [3.05, 3.63) is 66.4 Å². The highest BCUT2D eigenvalue weighted by molar-refractivity contribution is 6.06. The third-order valence-corrected chi connectivity index (χ3v) is 3.08. The van der Waals surface area contributed by atoms with E-state index in [-0.39, 0.29) is 22.9 Å². The summed E-state index contributed by atoms with van der Waals surface area (Å²) in [5.74, 6) is -0.955. The number of nitrogens with zero attached hydrogens (tertiary/aromatic N) is 1. The molecule has 20 heavy (non-hydrogen) atoms. The van der Waals surface area contributed by atoms with Gasteiger partial charge in [0, 0.05) is 28.9 Å². The molecule has 0 saturated heterocycles. The van der Waals surface area contributed by atoms with Gasteiger partial charge in [0.2, 0.25) is 0 Å². The number of aromatic nitrogens is 1. The number of carbonyl (C=O) groups is 1. The van der Waals surface area contributed by atoms with E-state index in [9.17, 15) is 9.90 Å². The van der Waals surface area contributed by atoms with Gasteiger partial charge in [-0.3, -0.25) is 4.98 Å². The van der Waals surface area contributed by atoms with Gasteiger partial charge >= 0.3 is 5.97 Å². The van der Waals surface area contributed by atoms with Crippen molar-refractivity contribution in [3.63, 3.8) is 0 Å². The number of rotatable bonds is 2. The molecule has 1 heterocycles. The van der Waals surface area contributed by atoms with Crippen LogP contribution in [0.4, 0.5) is 0 Å². The van der Waals surface area contributed by atoms with Crippen molar-refractivity contribution in [1.29, 1.82) is 0 Å². The predicted octanol–water partition coefficient (Wildman–Crippen LogP) is 3.22. The number of benzene rings is 2. The molecular formula is C16H11AlNO2. The fourth-order valence-corrected chi connectivity index (χ4v) is 2.21. The molecule has 3 radical (unpaired) electrons. The molecule has 0 aliphatic carbocycles. The van der Waals surface area contributed by atoms with Crippen molar-refractivity contribution in [3.8, 4) is 11.1 Å². The van der Waals surface area contributed by atoms with E-state index in [4.69, 9.17) is 0 Å². The molecule has 3 aromatic rings. The topological polar surface area (TPSA) is 50.2 Å². The Balaban J connectivity index is 0.00000147. The first-order valence-corrected chi connectivity index (χ1v) is 5.94. The summed E-state index contributed by atoms with van der Waals surface area (Å²) >= 11 is 0. The van der Waals surface area contributed by atoms with Gasteiger partial charge in [0.05, 0.1) is 11.1 Å². The van der Waals surface area contributed by atoms with Crippen LogP contribution in [0.25, 0.3) is 22.0 Å². The number of hydrogen-bond acceptors (Lipinski definition) is 2. The minimum Gasteiger partial charge on any atom is -0.478 e. The molecule has 0 atom stereocenters. The Morgan fingerprint density at radius 3 is 2.40 bits per heavy atom. The summed E-state index contributed by atoms with van der Waals surface area (Å²) in [6, 6.07) is 17.0. The van der Waals surface area contributed by atoms with Gasteiger partial charge in [-0.2, -0.15) is 0 Å². The Bertz CT molecular complexity index is 757. The molecule has 0 aliphatic rings. The highest BCUT2D eigenvalue weighted by Gasteiger charge is 2.12. The second-order valence-corrected chi connectivity index (χ2v) is 4.23. The summed E-state index contributed by atoms with van der Waals surface area (Å²) in [5.41, 5.74) is 2.80. The minimum atomic E-state index is -0.955. The maximum absolute atomic E-state index is 11.2. The van der Waals surface area contributed by atoms with Crippen LogP contribution < -0.4 is 0 Å². The lowest BCUT2D eigenvalue weighted by Gasteiger charge is -2.08. The lowest BCUT2D eigenvalue weighted by atomic mass is 9.98. The van der Waals surface area contributed by atoms with Crippen LogP contribution in [0.2, 0.25) is 0 Å². The lowest BCUT2D eigenvalue weighted by molar-refractivity contribution is 0.0699. The molecule has 0 bridgehead atoms. The van der Waals surface area contributed by atoms with E-state index >= 15 is 0 Å². The second-order valence-electron chi connectivity index (χ2n) is 4.23. The van der Waals surface area contributed by atoms with Crippen molar-refractivity contribution < 1.29 is 9.90 Å². The lowest BCUT2D eigenvalue weighted by Crippen LogP contribution is -1.99. The molecular weight excluding hydrogens is 265 g/mol. The van der Waals surface area contributed by atoms with Crippen LogP contribution in [0.1, 0.15) is 10.4 Å². The average molecular weight is 276 g/mol. The van der Waals surface area contributed by atoms with Gasteiger partial charge in [0.15, 0.2) is 0 Å². The molecule has 3 nitrogen and oxygen atoms in total. The normalized spacial score (nSPS) is 10.0. The molecule has 1 N–H and O–H groups in total. The van der Waals surface area contributed by atoms with Crippen molar-refractivity contribution in [2.45, 2.75) is 0 Å². The molecule has 3 rings (SSSR count). The zero-order chi connectivity index (χ0) is 13.2. The second kappa shape index (κ2) is 5.87. The van der Waals surface area contributed by atoms with E-state index in [0.29, 0.717) is 5.52 Å². The Kier molecular flexibility index (Phi) is 4.19. The Labute approximate surface area is 127 Å². The summed E-state index contributed by atoms with van der Waals surface area (Å²) in [7, 11) is 0. The number of hydrogen-bond donors (Lipinski definition) is 1. The summed E-state index contributed by atoms with van der Waals surface area (Å²) < 4.78 is 0. The first-order valence-electron chi connectivity index (χ1n) is 5.94. The molecule has 0 amide bonds. The maximum atomic E-state index is 11.2. The summed E-state index contributed by atoms with van der Waals surface area (Å²) in [6.07, 6.45) is 1.61. The number of fused-ring (bicyclic) bond motifs is 1. The van der Waals surface area contributed by atoms with E-state index in [1.807, 2.05) is 48.5 Å². The van der Waals surface area contributed by atoms with Crippen LogP contribution in [-0.2, 0) is 0 Å². The molecule has 0 aliphatic heterocycles. The fraction of sp³-hybridized carbons (Fsp3) is 0. The van der Waals surface area contributed by atoms with Gasteiger partial charge in [-0.15, -0.1) is 0 Å². The Hall–Kier alpha value is -2.15. The van der Waals surface area contributed by atoms with Gasteiger partial charge in [-0.1, -0.05) is 42.5 Å². The summed E-state index contributed by atoms with van der Waals surface area (Å²) in [5, 5.41) is 10.1. The molecule has 2 aromatic carbocycles. The largest absolute Gasteiger partial charge is 0.478 e. The first-order chi connectivity index (χ1) is 9.27. The summed E-state index contributed by atoms with van der Waals surface area (Å²) in [6.45, 7) is 0. The Morgan fingerprint density at radius 2 is 1.70 bits per heavy atom. The third kappa shape index (κ3) is 2.44. The molecule has 1 aromatic heterocycles. The third-order valence-electron chi connectivity index (χ3n) is 3.08. The number of carboxylic acid groups (broad SMARTS) is 1. The number of aromatic carboxylic acids is 1. The average Bonchev–Trinajstić information content (AvgIpc) is 2.47. The van der Waals surface area contributed by atoms with Crippen LogP contribution in [0.3, 0.4) is 0 Å². The minimum absolute atomic E-state index is 0. The van der Waals surface area contributed by atoms with Crippen LogP contribution in [0, 0.1) is 0 Å². The highest BCUT2D eigenvalue weighted by Crippen LogP contribution is 2.29. The van der Waals surface area contributed by atoms with E-state index < -0.39 is 5.97 Å². The van der Waals surface area contributed by atoms with E-state index in [2.05, 4.69) is 4.98 Å². The van der Waals surface area contributed by atoms with Crippen LogP contribution in [-0.4, -0.2) is 33.4 Å². The van der Waals surface area contributed by atoms with Gasteiger partial charge in [-0.05, 0) is 23.3 Å². The monoisotopic (exact) mass is 276 g/mol. The molecule has 95 valence electrons. The number of carboxylic acids is 1. The smallest absolute Gasteiger partial charge is 0.337 e. The number of pyridine rings is 1. The van der Waals surface area contributed by atoms with Gasteiger partial charge < -0.3 is 5.11 Å². The first kappa shape index (κ1) is 14.3. The molecule has 0 fully saturated rings. The maximum Gasteiger partial charge on any atom is 0.337 e. The van der Waals surface area contributed by atoms with Gasteiger partial charge in [0.25, 0.3) is 0 Å². The van der Waals surface area contributed by atoms with Crippen LogP contribution in [0.5, 0.6) is 0 Å². The van der Waals surface area contributed by atoms with E-state index in [1.165, 1.54) is 0 Å². The Morgan fingerprint density at radius 1 is 0.950 bits per heavy atom. The molecule has 4 heteroatoms. The summed E-state index contributed by atoms with van der Waals surface area (Å²) in [4.78, 5) is 15.4. The molecule has 0 unspecified atom stereocenters. The fourth-order valence-electron chi connectivity index (χ4n) is 2.21. The van der Waals surface area contributed by atoms with Gasteiger partial charge in [0.1, 0.15) is 0 Å². The van der Waals surface area contributed by atoms with E-state index in [0.717, 1.165) is 16.5 Å². The van der Waals surface area contributed by atoms with Crippen molar-refractivity contribution >= 4 is 34.2 Å². The predicted molar refractivity (Wildman–Crippen MR) is 79.9 cm³/mol. The quantitative estimate of drug-likeness (QED) is 0.731. The van der Waals surface area contributed by atoms with Crippen molar-refractivity contribution in [2.75, 3.05) is 0 Å². The van der Waals surface area contributed by atoms with Gasteiger partial charge in [-0.25, -0.2) is 4.79 Å². The van der Waals surface area contributed by atoms with Crippen LogP contribution >= 0.6 is 0 Å². The zero-order valence-corrected chi connectivity index (χ0v) is 11.8. The SMILES string of the molecule is O=C(O)c1ccc(-c2ccccc2)c2cccnc12.[Al]. The highest BCUT2D eigenvalue weighted by atomic mass is 27.0. The van der Waals surface area contributed by atoms with Crippen molar-refractivity contribution in [1.82, 2.24) is 4.98 Å². The zero-order valence-electron chi connectivity index (χ0n) is 10.7. The molecule has 0 saturated carbocycles. The van der Waals surface area contributed by atoms with Crippen LogP contribution in [0.15, 0.2) is 60.8 Å². The standard InChI is InChI=1S/C16H11NO2.Al/c18-16(19)14-9-8-12(11-5-2-1-3-6-11)13-7-4-10-17-15(13)14;/h1-10H,(H,18,19);. The molecule has 0 spiro atoms. The van der Waals surface area contributed by atoms with Crippen molar-refractivity contribution in [2.24, 2.45) is 0 Å². The van der Waals surface area contributed by atoms with E-state index in [1.54, 1.807) is 12.3 Å².